The molecule has 0 radical (unpaired) electrons. The van der Waals surface area contributed by atoms with E-state index < -0.39 is 5.72 Å². The molecule has 1 amide bonds. The summed E-state index contributed by atoms with van der Waals surface area (Å²) < 4.78 is 13.3. The molecule has 0 saturated carbocycles. The molecule has 0 spiro atoms. The van der Waals surface area contributed by atoms with E-state index in [1.54, 1.807) is 0 Å². The maximum Gasteiger partial charge on any atom is 0.247 e. The van der Waals surface area contributed by atoms with E-state index >= 15 is 0 Å². The predicted octanol–water partition coefficient (Wildman–Crippen LogP) is 5.39. The second-order valence-corrected chi connectivity index (χ2v) is 9.17. The van der Waals surface area contributed by atoms with Crippen LogP contribution in [0.5, 0.6) is 5.75 Å². The van der Waals surface area contributed by atoms with Crippen molar-refractivity contribution in [2.24, 2.45) is 5.10 Å². The van der Waals surface area contributed by atoms with Gasteiger partial charge in [0.25, 0.3) is 0 Å². The number of hydrogen-bond donors (Lipinski definition) is 0. The predicted molar refractivity (Wildman–Crippen MR) is 121 cm³/mol. The van der Waals surface area contributed by atoms with Crippen LogP contribution in [0.15, 0.2) is 39.9 Å². The zero-order valence-corrected chi connectivity index (χ0v) is 19.5. The average molecular weight is 471 g/mol. The van der Waals surface area contributed by atoms with E-state index in [4.69, 9.17) is 9.47 Å². The summed E-state index contributed by atoms with van der Waals surface area (Å²) >= 11 is 3.51. The molecule has 1 aliphatic carbocycles. The third-order valence-corrected chi connectivity index (χ3v) is 6.34. The molecule has 1 unspecified atom stereocenters. The molecule has 158 valence electrons. The largest absolute Gasteiger partial charge is 0.483 e. The first-order chi connectivity index (χ1) is 14.3. The van der Waals surface area contributed by atoms with Crippen molar-refractivity contribution in [1.29, 1.82) is 0 Å². The van der Waals surface area contributed by atoms with E-state index in [0.717, 1.165) is 39.8 Å². The highest BCUT2D eigenvalue weighted by atomic mass is 79.9. The summed E-state index contributed by atoms with van der Waals surface area (Å²) in [5.74, 6) is 1.04. The molecule has 4 rings (SSSR count). The number of nitrogens with zero attached hydrogens (tertiary/aromatic N) is 2. The van der Waals surface area contributed by atoms with Gasteiger partial charge in [0, 0.05) is 23.9 Å². The number of hydrazone groups is 1. The Bertz CT molecular complexity index is 1010. The minimum absolute atomic E-state index is 0.160. The highest BCUT2D eigenvalue weighted by molar-refractivity contribution is 9.10. The monoisotopic (exact) mass is 470 g/mol. The number of carbonyl (C=O) groups is 1. The molecule has 2 aromatic carbocycles. The molecule has 0 N–H and O–H groups in total. The number of amides is 1. The van der Waals surface area contributed by atoms with Crippen molar-refractivity contribution in [1.82, 2.24) is 5.01 Å². The van der Waals surface area contributed by atoms with Crippen molar-refractivity contribution in [3.63, 3.8) is 0 Å². The van der Waals surface area contributed by atoms with Crippen LogP contribution in [0.3, 0.4) is 0 Å². The van der Waals surface area contributed by atoms with Gasteiger partial charge in [-0.15, -0.1) is 5.10 Å². The third-order valence-electron chi connectivity index (χ3n) is 5.88. The van der Waals surface area contributed by atoms with Gasteiger partial charge in [0.05, 0.1) is 0 Å². The second kappa shape index (κ2) is 8.06. The maximum absolute atomic E-state index is 12.4. The van der Waals surface area contributed by atoms with E-state index in [0.29, 0.717) is 5.90 Å². The van der Waals surface area contributed by atoms with Crippen molar-refractivity contribution in [2.45, 2.75) is 59.1 Å². The third kappa shape index (κ3) is 3.85. The van der Waals surface area contributed by atoms with E-state index in [1.165, 1.54) is 35.9 Å². The highest BCUT2D eigenvalue weighted by Crippen LogP contribution is 2.37. The van der Waals surface area contributed by atoms with Crippen LogP contribution in [0.1, 0.15) is 54.5 Å². The van der Waals surface area contributed by atoms with Crippen LogP contribution in [0.4, 0.5) is 0 Å². The van der Waals surface area contributed by atoms with Crippen LogP contribution in [0, 0.1) is 13.8 Å². The first-order valence-electron chi connectivity index (χ1n) is 10.4. The number of halogens is 1. The normalized spacial score (nSPS) is 20.4. The van der Waals surface area contributed by atoms with Gasteiger partial charge in [0.2, 0.25) is 17.5 Å². The lowest BCUT2D eigenvalue weighted by Crippen LogP contribution is -2.41. The molecule has 1 aliphatic heterocycles. The van der Waals surface area contributed by atoms with Gasteiger partial charge in [-0.05, 0) is 80.0 Å². The SMILES string of the molecule is CC(=O)N1N=C(COc2c(C)cc(Br)cc2C)OC1(C)c1ccc2c(c1)CCCC2. The quantitative estimate of drug-likeness (QED) is 0.601. The average Bonchev–Trinajstić information content (AvgIpc) is 3.05. The molecule has 2 aliphatic rings. The van der Waals surface area contributed by atoms with E-state index in [2.05, 4.69) is 39.2 Å². The number of carbonyl (C=O) groups excluding carboxylic acids is 1. The lowest BCUT2D eigenvalue weighted by atomic mass is 9.88. The van der Waals surface area contributed by atoms with Gasteiger partial charge < -0.3 is 9.47 Å². The zero-order valence-electron chi connectivity index (χ0n) is 17.9. The summed E-state index contributed by atoms with van der Waals surface area (Å²) in [7, 11) is 0. The molecule has 1 heterocycles. The van der Waals surface area contributed by atoms with Gasteiger partial charge in [0.1, 0.15) is 5.75 Å². The minimum Gasteiger partial charge on any atom is -0.483 e. The summed E-state index contributed by atoms with van der Waals surface area (Å²) in [6, 6.07) is 10.4. The second-order valence-electron chi connectivity index (χ2n) is 8.26. The molecule has 1 atom stereocenters. The molecule has 5 nitrogen and oxygen atoms in total. The Kier molecular flexibility index (Phi) is 5.62. The standard InChI is InChI=1S/C24H27BrN2O3/c1-15-11-21(25)12-16(2)23(15)29-14-22-26-27(17(3)28)24(4,30-22)20-10-9-18-7-5-6-8-19(18)13-20/h9-13H,5-8,14H2,1-4H3. The number of aryl methyl sites for hydroxylation is 4. The molecule has 0 aromatic heterocycles. The Labute approximate surface area is 186 Å². The van der Waals surface area contributed by atoms with E-state index in [1.807, 2.05) is 32.9 Å². The number of hydrogen-bond acceptors (Lipinski definition) is 4. The molecule has 0 saturated heterocycles. The Morgan fingerprint density at radius 3 is 2.50 bits per heavy atom. The van der Waals surface area contributed by atoms with Gasteiger partial charge in [-0.3, -0.25) is 4.79 Å². The van der Waals surface area contributed by atoms with Crippen molar-refractivity contribution in [3.05, 3.63) is 62.6 Å². The fraction of sp³-hybridized carbons (Fsp3) is 0.417. The molecular weight excluding hydrogens is 444 g/mol. The van der Waals surface area contributed by atoms with Crippen molar-refractivity contribution in [2.75, 3.05) is 6.61 Å². The summed E-state index contributed by atoms with van der Waals surface area (Å²) in [6.45, 7) is 7.57. The smallest absolute Gasteiger partial charge is 0.247 e. The number of benzene rings is 2. The topological polar surface area (TPSA) is 51.1 Å². The van der Waals surface area contributed by atoms with Crippen LogP contribution < -0.4 is 4.74 Å². The summed E-state index contributed by atoms with van der Waals surface area (Å²) in [4.78, 5) is 12.4. The van der Waals surface area contributed by atoms with Crippen molar-refractivity contribution in [3.8, 4) is 5.75 Å². The van der Waals surface area contributed by atoms with Gasteiger partial charge in [-0.25, -0.2) is 0 Å². The molecular formula is C24H27BrN2O3. The van der Waals surface area contributed by atoms with Crippen LogP contribution in [-0.2, 0) is 28.1 Å². The fourth-order valence-electron chi connectivity index (χ4n) is 4.39. The number of rotatable bonds is 4. The van der Waals surface area contributed by atoms with E-state index in [9.17, 15) is 4.79 Å². The zero-order chi connectivity index (χ0) is 21.5. The van der Waals surface area contributed by atoms with Crippen LogP contribution in [0.25, 0.3) is 0 Å². The minimum atomic E-state index is -0.971. The molecule has 0 bridgehead atoms. The first kappa shape index (κ1) is 20.9. The first-order valence-corrected chi connectivity index (χ1v) is 11.2. The summed E-state index contributed by atoms with van der Waals surface area (Å²) in [5.41, 5.74) is 4.76. The molecule has 2 aromatic rings. The van der Waals surface area contributed by atoms with Gasteiger partial charge in [-0.1, -0.05) is 28.1 Å². The fourth-order valence-corrected chi connectivity index (χ4v) is 5.08. The van der Waals surface area contributed by atoms with Gasteiger partial charge in [0.15, 0.2) is 6.61 Å². The highest BCUT2D eigenvalue weighted by Gasteiger charge is 2.45. The van der Waals surface area contributed by atoms with Crippen molar-refractivity contribution >= 4 is 27.7 Å². The number of ether oxygens (including phenoxy) is 2. The van der Waals surface area contributed by atoms with Gasteiger partial charge in [-0.2, -0.15) is 5.01 Å². The van der Waals surface area contributed by atoms with E-state index in [-0.39, 0.29) is 12.5 Å². The Balaban J connectivity index is 1.58. The summed E-state index contributed by atoms with van der Waals surface area (Å²) in [6.07, 6.45) is 4.62. The Hall–Kier alpha value is -2.34. The van der Waals surface area contributed by atoms with Crippen molar-refractivity contribution < 1.29 is 14.3 Å². The summed E-state index contributed by atoms with van der Waals surface area (Å²) in [5, 5.41) is 5.89. The lowest BCUT2D eigenvalue weighted by molar-refractivity contribution is -0.146. The number of fused-ring (bicyclic) bond motifs is 1. The molecule has 6 heteroatoms. The van der Waals surface area contributed by atoms with Gasteiger partial charge >= 0.3 is 0 Å². The molecule has 0 fully saturated rings. The van der Waals surface area contributed by atoms with Crippen LogP contribution >= 0.6 is 15.9 Å². The van der Waals surface area contributed by atoms with Crippen LogP contribution in [0.2, 0.25) is 0 Å². The lowest BCUT2D eigenvalue weighted by Gasteiger charge is -2.32. The Morgan fingerprint density at radius 1 is 1.17 bits per heavy atom. The maximum atomic E-state index is 12.4. The van der Waals surface area contributed by atoms with Crippen LogP contribution in [-0.4, -0.2) is 23.4 Å². The Morgan fingerprint density at radius 2 is 1.83 bits per heavy atom. The molecule has 30 heavy (non-hydrogen) atoms.